The highest BCUT2D eigenvalue weighted by molar-refractivity contribution is 5.08. The molecule has 108 valence electrons. The van der Waals surface area contributed by atoms with Crippen molar-refractivity contribution in [1.29, 1.82) is 0 Å². The lowest BCUT2D eigenvalue weighted by atomic mass is 9.99. The molecule has 2 rings (SSSR count). The molecule has 1 N–H and O–H groups in total. The van der Waals surface area contributed by atoms with Gasteiger partial charge in [-0.1, -0.05) is 6.92 Å². The minimum absolute atomic E-state index is 0.398. The van der Waals surface area contributed by atoms with E-state index in [4.69, 9.17) is 0 Å². The number of likely N-dealkylation sites (tertiary alicyclic amines) is 1. The molecule has 4 nitrogen and oxygen atoms in total. The van der Waals surface area contributed by atoms with Gasteiger partial charge in [0.05, 0.1) is 6.20 Å². The SMILES string of the molecule is CC1CCN(CCCNC(C)c2cnn(C)c2)CC1. The number of aromatic nitrogens is 2. The zero-order chi connectivity index (χ0) is 13.7. The smallest absolute Gasteiger partial charge is 0.0537 e. The molecule has 1 atom stereocenters. The van der Waals surface area contributed by atoms with E-state index in [2.05, 4.69) is 35.4 Å². The van der Waals surface area contributed by atoms with Gasteiger partial charge in [0.25, 0.3) is 0 Å². The normalized spacial score (nSPS) is 19.7. The van der Waals surface area contributed by atoms with E-state index in [0.717, 1.165) is 12.5 Å². The first-order valence-electron chi connectivity index (χ1n) is 7.59. The number of nitrogens with one attached hydrogen (secondary N) is 1. The van der Waals surface area contributed by atoms with Crippen LogP contribution in [0.3, 0.4) is 0 Å². The quantitative estimate of drug-likeness (QED) is 0.800. The zero-order valence-electron chi connectivity index (χ0n) is 12.6. The summed E-state index contributed by atoms with van der Waals surface area (Å²) >= 11 is 0. The molecule has 0 saturated carbocycles. The van der Waals surface area contributed by atoms with E-state index in [9.17, 15) is 0 Å². The van der Waals surface area contributed by atoms with Crippen LogP contribution >= 0.6 is 0 Å². The second kappa shape index (κ2) is 7.06. The number of hydrogen-bond acceptors (Lipinski definition) is 3. The lowest BCUT2D eigenvalue weighted by molar-refractivity contribution is 0.190. The highest BCUT2D eigenvalue weighted by atomic mass is 15.2. The van der Waals surface area contributed by atoms with Crippen molar-refractivity contribution < 1.29 is 0 Å². The maximum Gasteiger partial charge on any atom is 0.0537 e. The van der Waals surface area contributed by atoms with Crippen molar-refractivity contribution >= 4 is 0 Å². The second-order valence-corrected chi connectivity index (χ2v) is 6.00. The van der Waals surface area contributed by atoms with Crippen LogP contribution in [0, 0.1) is 5.92 Å². The van der Waals surface area contributed by atoms with Crippen LogP contribution in [-0.4, -0.2) is 40.9 Å². The van der Waals surface area contributed by atoms with Crippen LogP contribution in [-0.2, 0) is 7.05 Å². The topological polar surface area (TPSA) is 33.1 Å². The van der Waals surface area contributed by atoms with Crippen LogP contribution < -0.4 is 5.32 Å². The van der Waals surface area contributed by atoms with Gasteiger partial charge in [-0.15, -0.1) is 0 Å². The third-order valence-electron chi connectivity index (χ3n) is 4.20. The van der Waals surface area contributed by atoms with Gasteiger partial charge in [0.15, 0.2) is 0 Å². The van der Waals surface area contributed by atoms with Crippen molar-refractivity contribution in [3.63, 3.8) is 0 Å². The standard InChI is InChI=1S/C15H28N4/c1-13-5-9-19(10-6-13)8-4-7-16-14(2)15-11-17-18(3)12-15/h11-14,16H,4-10H2,1-3H3. The lowest BCUT2D eigenvalue weighted by Crippen LogP contribution is -2.35. The Bertz CT molecular complexity index is 366. The molecule has 0 spiro atoms. The molecule has 1 fully saturated rings. The van der Waals surface area contributed by atoms with Crippen LogP contribution in [0.25, 0.3) is 0 Å². The zero-order valence-corrected chi connectivity index (χ0v) is 12.6. The Labute approximate surface area is 117 Å². The summed E-state index contributed by atoms with van der Waals surface area (Å²) in [4.78, 5) is 2.61. The Morgan fingerprint density at radius 1 is 1.42 bits per heavy atom. The molecule has 19 heavy (non-hydrogen) atoms. The average Bonchev–Trinajstić information content (AvgIpc) is 2.83. The van der Waals surface area contributed by atoms with Gasteiger partial charge in [0.1, 0.15) is 0 Å². The largest absolute Gasteiger partial charge is 0.310 e. The van der Waals surface area contributed by atoms with Crippen LogP contribution in [0.5, 0.6) is 0 Å². The summed E-state index contributed by atoms with van der Waals surface area (Å²) in [5.41, 5.74) is 1.27. The summed E-state index contributed by atoms with van der Waals surface area (Å²) in [6, 6.07) is 0.398. The number of nitrogens with zero attached hydrogens (tertiary/aromatic N) is 3. The average molecular weight is 264 g/mol. The maximum absolute atomic E-state index is 4.21. The molecule has 0 aromatic carbocycles. The first-order valence-corrected chi connectivity index (χ1v) is 7.59. The van der Waals surface area contributed by atoms with Gasteiger partial charge in [-0.3, -0.25) is 4.68 Å². The van der Waals surface area contributed by atoms with Crippen molar-refractivity contribution in [2.24, 2.45) is 13.0 Å². The molecule has 1 aromatic heterocycles. The summed E-state index contributed by atoms with van der Waals surface area (Å²) in [5, 5.41) is 7.80. The number of rotatable bonds is 6. The van der Waals surface area contributed by atoms with Crippen molar-refractivity contribution in [2.45, 2.75) is 39.2 Å². The third kappa shape index (κ3) is 4.62. The van der Waals surface area contributed by atoms with Crippen LogP contribution in [0.15, 0.2) is 12.4 Å². The van der Waals surface area contributed by atoms with Crippen LogP contribution in [0.4, 0.5) is 0 Å². The summed E-state index contributed by atoms with van der Waals surface area (Å²) in [6.45, 7) is 9.48. The van der Waals surface area contributed by atoms with Crippen molar-refractivity contribution in [1.82, 2.24) is 20.0 Å². The molecule has 0 aliphatic carbocycles. The lowest BCUT2D eigenvalue weighted by Gasteiger charge is -2.30. The predicted octanol–water partition coefficient (Wildman–Crippen LogP) is 2.19. The van der Waals surface area contributed by atoms with Gasteiger partial charge in [-0.25, -0.2) is 0 Å². The fourth-order valence-electron chi connectivity index (χ4n) is 2.69. The van der Waals surface area contributed by atoms with E-state index in [1.165, 1.54) is 44.5 Å². The molecular weight excluding hydrogens is 236 g/mol. The van der Waals surface area contributed by atoms with E-state index in [0.29, 0.717) is 6.04 Å². The predicted molar refractivity (Wildman–Crippen MR) is 79.1 cm³/mol. The molecule has 1 aliphatic rings. The van der Waals surface area contributed by atoms with E-state index < -0.39 is 0 Å². The number of hydrogen-bond donors (Lipinski definition) is 1. The van der Waals surface area contributed by atoms with E-state index in [1.54, 1.807) is 0 Å². The van der Waals surface area contributed by atoms with Crippen molar-refractivity contribution in [3.05, 3.63) is 18.0 Å². The molecule has 1 aliphatic heterocycles. The maximum atomic E-state index is 4.21. The molecule has 0 radical (unpaired) electrons. The summed E-state index contributed by atoms with van der Waals surface area (Å²) in [7, 11) is 1.97. The Morgan fingerprint density at radius 2 is 2.16 bits per heavy atom. The minimum atomic E-state index is 0.398. The third-order valence-corrected chi connectivity index (χ3v) is 4.20. The highest BCUT2D eigenvalue weighted by Crippen LogP contribution is 2.16. The fraction of sp³-hybridized carbons (Fsp3) is 0.800. The van der Waals surface area contributed by atoms with Gasteiger partial charge < -0.3 is 10.2 Å². The molecule has 0 bridgehead atoms. The highest BCUT2D eigenvalue weighted by Gasteiger charge is 2.14. The number of aryl methyl sites for hydroxylation is 1. The van der Waals surface area contributed by atoms with Gasteiger partial charge in [0, 0.05) is 24.8 Å². The first-order chi connectivity index (χ1) is 9.15. The van der Waals surface area contributed by atoms with Gasteiger partial charge in [-0.05, 0) is 58.3 Å². The molecule has 1 aromatic rings. The van der Waals surface area contributed by atoms with Crippen LogP contribution in [0.2, 0.25) is 0 Å². The molecule has 2 heterocycles. The Morgan fingerprint density at radius 3 is 2.79 bits per heavy atom. The van der Waals surface area contributed by atoms with E-state index >= 15 is 0 Å². The fourth-order valence-corrected chi connectivity index (χ4v) is 2.69. The van der Waals surface area contributed by atoms with Gasteiger partial charge in [-0.2, -0.15) is 5.10 Å². The molecular formula is C15H28N4. The van der Waals surface area contributed by atoms with E-state index in [1.807, 2.05) is 17.9 Å². The molecule has 1 saturated heterocycles. The summed E-state index contributed by atoms with van der Waals surface area (Å²) in [5.74, 6) is 0.931. The van der Waals surface area contributed by atoms with Gasteiger partial charge in [0.2, 0.25) is 0 Å². The Kier molecular flexibility index (Phi) is 5.40. The van der Waals surface area contributed by atoms with E-state index in [-0.39, 0.29) is 0 Å². The summed E-state index contributed by atoms with van der Waals surface area (Å²) < 4.78 is 1.86. The first kappa shape index (κ1) is 14.5. The molecule has 0 amide bonds. The van der Waals surface area contributed by atoms with Crippen molar-refractivity contribution in [2.75, 3.05) is 26.2 Å². The summed E-state index contributed by atoms with van der Waals surface area (Å²) in [6.07, 6.45) is 8.02. The second-order valence-electron chi connectivity index (χ2n) is 6.00. The van der Waals surface area contributed by atoms with Crippen molar-refractivity contribution in [3.8, 4) is 0 Å². The number of piperidine rings is 1. The van der Waals surface area contributed by atoms with Gasteiger partial charge >= 0.3 is 0 Å². The Hall–Kier alpha value is -0.870. The molecule has 1 unspecified atom stereocenters. The Balaban J connectivity index is 1.59. The monoisotopic (exact) mass is 264 g/mol. The van der Waals surface area contributed by atoms with Crippen LogP contribution in [0.1, 0.15) is 44.7 Å². The molecule has 4 heteroatoms. The minimum Gasteiger partial charge on any atom is -0.310 e.